The smallest absolute Gasteiger partial charge is 0.115 e. The second kappa shape index (κ2) is 5.41. The van der Waals surface area contributed by atoms with E-state index in [1.54, 1.807) is 12.1 Å². The zero-order chi connectivity index (χ0) is 8.81. The van der Waals surface area contributed by atoms with Crippen LogP contribution in [0.25, 0.3) is 0 Å². The highest BCUT2D eigenvalue weighted by Gasteiger charge is 1.92. The lowest BCUT2D eigenvalue weighted by Crippen LogP contribution is -1.84. The summed E-state index contributed by atoms with van der Waals surface area (Å²) in [6, 6.07) is 7.48. The van der Waals surface area contributed by atoms with Gasteiger partial charge in [0.25, 0.3) is 0 Å². The predicted octanol–water partition coefficient (Wildman–Crippen LogP) is 3.15. The van der Waals surface area contributed by atoms with Crippen LogP contribution in [0, 0.1) is 0 Å². The van der Waals surface area contributed by atoms with Gasteiger partial charge in [0.1, 0.15) is 5.75 Å². The third-order valence-corrected chi connectivity index (χ3v) is 2.55. The van der Waals surface area contributed by atoms with Crippen molar-refractivity contribution < 1.29 is 5.11 Å². The number of phenols is 1. The maximum Gasteiger partial charge on any atom is 0.115 e. The van der Waals surface area contributed by atoms with Gasteiger partial charge in [0.05, 0.1) is 0 Å². The lowest BCUT2D eigenvalue weighted by Gasteiger charge is -1.99. The Kier molecular flexibility index (Phi) is 4.43. The number of alkyl halides is 1. The molecule has 0 bridgehead atoms. The average Bonchev–Trinajstić information content (AvgIpc) is 2.09. The SMILES string of the molecule is Oc1ccc(CCCCI)cc1. The second-order valence-electron chi connectivity index (χ2n) is 2.81. The van der Waals surface area contributed by atoms with E-state index >= 15 is 0 Å². The van der Waals surface area contributed by atoms with E-state index in [0.717, 1.165) is 6.42 Å². The summed E-state index contributed by atoms with van der Waals surface area (Å²) in [7, 11) is 0. The fraction of sp³-hybridized carbons (Fsp3) is 0.400. The third kappa shape index (κ3) is 3.43. The van der Waals surface area contributed by atoms with Gasteiger partial charge in [-0.15, -0.1) is 0 Å². The number of rotatable bonds is 4. The molecule has 1 aromatic rings. The Hall–Kier alpha value is -0.250. The van der Waals surface area contributed by atoms with Gasteiger partial charge in [-0.2, -0.15) is 0 Å². The largest absolute Gasteiger partial charge is 0.508 e. The predicted molar refractivity (Wildman–Crippen MR) is 59.9 cm³/mol. The first-order valence-electron chi connectivity index (χ1n) is 4.17. The maximum absolute atomic E-state index is 9.03. The van der Waals surface area contributed by atoms with Crippen molar-refractivity contribution in [3.05, 3.63) is 29.8 Å². The van der Waals surface area contributed by atoms with E-state index in [9.17, 15) is 0 Å². The van der Waals surface area contributed by atoms with Gasteiger partial charge < -0.3 is 5.11 Å². The van der Waals surface area contributed by atoms with Gasteiger partial charge in [0.15, 0.2) is 0 Å². The van der Waals surface area contributed by atoms with E-state index in [0.29, 0.717) is 5.75 Å². The Morgan fingerprint density at radius 1 is 1.08 bits per heavy atom. The third-order valence-electron chi connectivity index (χ3n) is 1.79. The van der Waals surface area contributed by atoms with Crippen molar-refractivity contribution in [2.45, 2.75) is 19.3 Å². The summed E-state index contributed by atoms with van der Waals surface area (Å²) < 4.78 is 1.23. The monoisotopic (exact) mass is 276 g/mol. The Morgan fingerprint density at radius 2 is 1.75 bits per heavy atom. The van der Waals surface area contributed by atoms with Gasteiger partial charge in [-0.05, 0) is 41.4 Å². The standard InChI is InChI=1S/C10H13IO/c11-8-2-1-3-9-4-6-10(12)7-5-9/h4-7,12H,1-3,8H2. The summed E-state index contributed by atoms with van der Waals surface area (Å²) in [4.78, 5) is 0. The number of aryl methyl sites for hydroxylation is 1. The minimum absolute atomic E-state index is 0.354. The van der Waals surface area contributed by atoms with E-state index in [4.69, 9.17) is 5.11 Å². The van der Waals surface area contributed by atoms with Crippen molar-refractivity contribution in [1.29, 1.82) is 0 Å². The van der Waals surface area contributed by atoms with Crippen LogP contribution in [0.15, 0.2) is 24.3 Å². The van der Waals surface area contributed by atoms with Crippen molar-refractivity contribution >= 4 is 22.6 Å². The van der Waals surface area contributed by atoms with Crippen molar-refractivity contribution in [1.82, 2.24) is 0 Å². The molecule has 0 spiro atoms. The van der Waals surface area contributed by atoms with Crippen LogP contribution in [0.4, 0.5) is 0 Å². The molecular formula is C10H13IO. The van der Waals surface area contributed by atoms with Crippen molar-refractivity contribution in [3.63, 3.8) is 0 Å². The Bertz CT molecular complexity index is 218. The summed E-state index contributed by atoms with van der Waals surface area (Å²) in [5, 5.41) is 9.03. The van der Waals surface area contributed by atoms with Crippen molar-refractivity contribution in [2.75, 3.05) is 4.43 Å². The Morgan fingerprint density at radius 3 is 2.33 bits per heavy atom. The zero-order valence-electron chi connectivity index (χ0n) is 6.96. The van der Waals surface area contributed by atoms with Crippen molar-refractivity contribution in [2.24, 2.45) is 0 Å². The summed E-state index contributed by atoms with van der Waals surface area (Å²) >= 11 is 2.40. The molecule has 1 nitrogen and oxygen atoms in total. The van der Waals surface area contributed by atoms with Gasteiger partial charge in [0.2, 0.25) is 0 Å². The van der Waals surface area contributed by atoms with Crippen LogP contribution in [0.5, 0.6) is 5.75 Å². The van der Waals surface area contributed by atoms with E-state index in [1.807, 2.05) is 12.1 Å². The topological polar surface area (TPSA) is 20.2 Å². The van der Waals surface area contributed by atoms with E-state index in [1.165, 1.54) is 22.8 Å². The van der Waals surface area contributed by atoms with E-state index in [2.05, 4.69) is 22.6 Å². The summed E-state index contributed by atoms with van der Waals surface area (Å²) in [5.41, 5.74) is 1.32. The molecule has 12 heavy (non-hydrogen) atoms. The molecule has 1 rings (SSSR count). The van der Waals surface area contributed by atoms with Gasteiger partial charge in [-0.25, -0.2) is 0 Å². The number of unbranched alkanes of at least 4 members (excludes halogenated alkanes) is 1. The molecule has 0 heterocycles. The fourth-order valence-corrected chi connectivity index (χ4v) is 1.63. The minimum Gasteiger partial charge on any atom is -0.508 e. The second-order valence-corrected chi connectivity index (χ2v) is 3.89. The number of halogens is 1. The zero-order valence-corrected chi connectivity index (χ0v) is 9.12. The summed E-state index contributed by atoms with van der Waals surface area (Å²) in [6.45, 7) is 0. The van der Waals surface area contributed by atoms with Gasteiger partial charge >= 0.3 is 0 Å². The molecule has 0 saturated heterocycles. The molecule has 0 amide bonds. The van der Waals surface area contributed by atoms with Crippen LogP contribution in [-0.2, 0) is 6.42 Å². The molecule has 0 aliphatic carbocycles. The molecule has 0 aromatic heterocycles. The molecule has 1 N–H and O–H groups in total. The maximum atomic E-state index is 9.03. The Balaban J connectivity index is 2.37. The highest BCUT2D eigenvalue weighted by atomic mass is 127. The summed E-state index contributed by atoms with van der Waals surface area (Å²) in [5.74, 6) is 0.354. The first kappa shape index (κ1) is 9.84. The first-order chi connectivity index (χ1) is 5.83. The molecule has 0 saturated carbocycles. The summed E-state index contributed by atoms with van der Waals surface area (Å²) in [6.07, 6.45) is 3.65. The molecule has 66 valence electrons. The molecule has 0 unspecified atom stereocenters. The number of hydrogen-bond acceptors (Lipinski definition) is 1. The molecule has 0 fully saturated rings. The molecule has 0 aliphatic heterocycles. The van der Waals surface area contributed by atoms with Gasteiger partial charge in [0, 0.05) is 0 Å². The molecular weight excluding hydrogens is 263 g/mol. The molecule has 0 atom stereocenters. The molecule has 0 radical (unpaired) electrons. The number of phenolic OH excluding ortho intramolecular Hbond substituents is 1. The van der Waals surface area contributed by atoms with Crippen LogP contribution >= 0.6 is 22.6 Å². The molecule has 0 aliphatic rings. The van der Waals surface area contributed by atoms with E-state index in [-0.39, 0.29) is 0 Å². The van der Waals surface area contributed by atoms with Crippen LogP contribution in [0.3, 0.4) is 0 Å². The Labute approximate surface area is 86.9 Å². The average molecular weight is 276 g/mol. The molecule has 2 heteroatoms. The number of benzene rings is 1. The highest BCUT2D eigenvalue weighted by Crippen LogP contribution is 2.11. The first-order valence-corrected chi connectivity index (χ1v) is 5.69. The normalized spacial score (nSPS) is 10.1. The number of aromatic hydroxyl groups is 1. The van der Waals surface area contributed by atoms with Crippen LogP contribution in [-0.4, -0.2) is 9.53 Å². The lowest BCUT2D eigenvalue weighted by atomic mass is 10.1. The van der Waals surface area contributed by atoms with Crippen LogP contribution < -0.4 is 0 Å². The van der Waals surface area contributed by atoms with Crippen LogP contribution in [0.1, 0.15) is 18.4 Å². The lowest BCUT2D eigenvalue weighted by molar-refractivity contribution is 0.475. The quantitative estimate of drug-likeness (QED) is 0.509. The highest BCUT2D eigenvalue weighted by molar-refractivity contribution is 14.1. The van der Waals surface area contributed by atoms with Crippen molar-refractivity contribution in [3.8, 4) is 5.75 Å². The minimum atomic E-state index is 0.354. The molecule has 1 aromatic carbocycles. The number of hydrogen-bond donors (Lipinski definition) is 1. The fourth-order valence-electron chi connectivity index (χ4n) is 1.09. The van der Waals surface area contributed by atoms with E-state index < -0.39 is 0 Å². The van der Waals surface area contributed by atoms with Gasteiger partial charge in [-0.1, -0.05) is 34.7 Å². The van der Waals surface area contributed by atoms with Gasteiger partial charge in [-0.3, -0.25) is 0 Å². The van der Waals surface area contributed by atoms with Crippen LogP contribution in [0.2, 0.25) is 0 Å².